The Morgan fingerprint density at radius 1 is 0.966 bits per heavy atom. The van der Waals surface area contributed by atoms with Gasteiger partial charge in [0.15, 0.2) is 17.3 Å². The van der Waals surface area contributed by atoms with Crippen LogP contribution in [0.4, 0.5) is 0 Å². The van der Waals surface area contributed by atoms with Gasteiger partial charge in [-0.05, 0) is 18.2 Å². The summed E-state index contributed by atoms with van der Waals surface area (Å²) in [7, 11) is 5.93. The molecule has 0 fully saturated rings. The van der Waals surface area contributed by atoms with E-state index in [1.807, 2.05) is 24.3 Å². The van der Waals surface area contributed by atoms with Gasteiger partial charge in [0.05, 0.1) is 34.7 Å². The monoisotopic (exact) mass is 395 g/mol. The Kier molecular flexibility index (Phi) is 6.19. The molecule has 3 aromatic rings. The molecule has 0 spiro atoms. The normalized spacial score (nSPS) is 11.1. The highest BCUT2D eigenvalue weighted by molar-refractivity contribution is 6.17. The lowest BCUT2D eigenvalue weighted by atomic mass is 9.98. The first-order chi connectivity index (χ1) is 14.1. The van der Waals surface area contributed by atoms with E-state index < -0.39 is 5.97 Å². The lowest BCUT2D eigenvalue weighted by Gasteiger charge is -2.09. The van der Waals surface area contributed by atoms with E-state index in [4.69, 9.17) is 23.5 Å². The molecule has 0 saturated carbocycles. The first-order valence-electron chi connectivity index (χ1n) is 8.73. The second-order valence-electron chi connectivity index (χ2n) is 5.95. The molecule has 0 radical (unpaired) electrons. The highest BCUT2D eigenvalue weighted by atomic mass is 16.5. The standard InChI is InChI=1S/C22H21NO6/c1-25-13-17(22(24)28-4)15-7-5-6-8-16(15)18-12-20(29-23-18)14-9-10-19(26-2)21(11-14)27-3/h5-13H,1-4H3/b17-13+. The third-order valence-electron chi connectivity index (χ3n) is 4.31. The minimum absolute atomic E-state index is 0.279. The molecule has 29 heavy (non-hydrogen) atoms. The van der Waals surface area contributed by atoms with E-state index in [1.165, 1.54) is 20.5 Å². The summed E-state index contributed by atoms with van der Waals surface area (Å²) in [6.07, 6.45) is 1.35. The van der Waals surface area contributed by atoms with Crippen LogP contribution < -0.4 is 9.47 Å². The predicted octanol–water partition coefficient (Wildman–Crippen LogP) is 4.19. The Labute approximate surface area is 168 Å². The number of aromatic nitrogens is 1. The largest absolute Gasteiger partial charge is 0.503 e. The molecule has 1 aromatic heterocycles. The van der Waals surface area contributed by atoms with Crippen molar-refractivity contribution in [2.75, 3.05) is 28.4 Å². The topological polar surface area (TPSA) is 80.0 Å². The molecular formula is C22H21NO6. The summed E-state index contributed by atoms with van der Waals surface area (Å²) in [4.78, 5) is 12.2. The maximum atomic E-state index is 12.2. The highest BCUT2D eigenvalue weighted by Gasteiger charge is 2.20. The molecular weight excluding hydrogens is 374 g/mol. The van der Waals surface area contributed by atoms with Crippen molar-refractivity contribution in [3.05, 3.63) is 60.4 Å². The number of methoxy groups -OCH3 is 4. The van der Waals surface area contributed by atoms with Crippen LogP contribution in [0.2, 0.25) is 0 Å². The first-order valence-corrected chi connectivity index (χ1v) is 8.73. The van der Waals surface area contributed by atoms with Crippen LogP contribution in [0.15, 0.2) is 59.3 Å². The van der Waals surface area contributed by atoms with Crippen LogP contribution in [0.25, 0.3) is 28.2 Å². The van der Waals surface area contributed by atoms with Gasteiger partial charge in [-0.3, -0.25) is 0 Å². The molecule has 3 rings (SSSR count). The Hall–Kier alpha value is -3.74. The summed E-state index contributed by atoms with van der Waals surface area (Å²) in [6, 6.07) is 14.6. The van der Waals surface area contributed by atoms with Gasteiger partial charge in [0, 0.05) is 22.8 Å². The summed E-state index contributed by atoms with van der Waals surface area (Å²) in [5.74, 6) is 1.24. The van der Waals surface area contributed by atoms with E-state index in [2.05, 4.69) is 5.16 Å². The Morgan fingerprint density at radius 3 is 2.41 bits per heavy atom. The van der Waals surface area contributed by atoms with Crippen LogP contribution in [-0.4, -0.2) is 39.6 Å². The van der Waals surface area contributed by atoms with Crippen molar-refractivity contribution >= 4 is 11.5 Å². The number of carbonyl (C=O) groups is 1. The van der Waals surface area contributed by atoms with E-state index in [0.717, 1.165) is 5.56 Å². The van der Waals surface area contributed by atoms with Crippen molar-refractivity contribution in [2.45, 2.75) is 0 Å². The molecule has 2 aromatic carbocycles. The molecule has 0 saturated heterocycles. The number of esters is 1. The molecule has 1 heterocycles. The van der Waals surface area contributed by atoms with Crippen LogP contribution in [0, 0.1) is 0 Å². The molecule has 0 aliphatic heterocycles. The second kappa shape index (κ2) is 8.97. The van der Waals surface area contributed by atoms with Gasteiger partial charge in [-0.25, -0.2) is 4.79 Å². The number of benzene rings is 2. The number of nitrogens with zero attached hydrogens (tertiary/aromatic N) is 1. The van der Waals surface area contributed by atoms with Crippen LogP contribution in [0.1, 0.15) is 5.56 Å². The Bertz CT molecular complexity index is 1040. The fraction of sp³-hybridized carbons (Fsp3) is 0.182. The molecule has 0 bridgehead atoms. The molecule has 150 valence electrons. The Balaban J connectivity index is 2.04. The fourth-order valence-corrected chi connectivity index (χ4v) is 2.92. The number of ether oxygens (including phenoxy) is 4. The molecule has 7 heteroatoms. The van der Waals surface area contributed by atoms with Gasteiger partial charge in [0.2, 0.25) is 0 Å². The maximum absolute atomic E-state index is 12.2. The number of hydrogen-bond donors (Lipinski definition) is 0. The molecule has 0 amide bonds. The third-order valence-corrected chi connectivity index (χ3v) is 4.31. The van der Waals surface area contributed by atoms with Crippen LogP contribution in [0.5, 0.6) is 11.5 Å². The van der Waals surface area contributed by atoms with Crippen molar-refractivity contribution in [2.24, 2.45) is 0 Å². The third kappa shape index (κ3) is 4.08. The zero-order valence-corrected chi connectivity index (χ0v) is 16.6. The first kappa shape index (κ1) is 20.0. The highest BCUT2D eigenvalue weighted by Crippen LogP contribution is 2.35. The Morgan fingerprint density at radius 2 is 1.72 bits per heavy atom. The van der Waals surface area contributed by atoms with Crippen molar-refractivity contribution in [3.63, 3.8) is 0 Å². The average molecular weight is 395 g/mol. The van der Waals surface area contributed by atoms with Crippen molar-refractivity contribution < 1.29 is 28.3 Å². The maximum Gasteiger partial charge on any atom is 0.341 e. The smallest absolute Gasteiger partial charge is 0.341 e. The van der Waals surface area contributed by atoms with E-state index >= 15 is 0 Å². The second-order valence-corrected chi connectivity index (χ2v) is 5.95. The lowest BCUT2D eigenvalue weighted by Crippen LogP contribution is -2.05. The summed E-state index contributed by atoms with van der Waals surface area (Å²) in [5.41, 5.74) is 2.95. The van der Waals surface area contributed by atoms with E-state index in [-0.39, 0.29) is 5.57 Å². The zero-order chi connectivity index (χ0) is 20.8. The lowest BCUT2D eigenvalue weighted by molar-refractivity contribution is -0.133. The van der Waals surface area contributed by atoms with Crippen LogP contribution in [-0.2, 0) is 14.3 Å². The summed E-state index contributed by atoms with van der Waals surface area (Å²) in [6.45, 7) is 0. The van der Waals surface area contributed by atoms with Gasteiger partial charge in [0.1, 0.15) is 11.3 Å². The SMILES string of the molecule is CO/C=C(/C(=O)OC)c1ccccc1-c1cc(-c2ccc(OC)c(OC)c2)on1. The van der Waals surface area contributed by atoms with Gasteiger partial charge in [-0.15, -0.1) is 0 Å². The number of carbonyl (C=O) groups excluding carboxylic acids is 1. The van der Waals surface area contributed by atoms with Crippen molar-refractivity contribution in [1.82, 2.24) is 5.16 Å². The summed E-state index contributed by atoms with van der Waals surface area (Å²) >= 11 is 0. The summed E-state index contributed by atoms with van der Waals surface area (Å²) in [5, 5.41) is 4.18. The van der Waals surface area contributed by atoms with E-state index in [1.54, 1.807) is 38.5 Å². The number of rotatable bonds is 7. The van der Waals surface area contributed by atoms with Gasteiger partial charge in [0.25, 0.3) is 0 Å². The number of hydrogen-bond acceptors (Lipinski definition) is 7. The van der Waals surface area contributed by atoms with Gasteiger partial charge < -0.3 is 23.5 Å². The van der Waals surface area contributed by atoms with Crippen molar-refractivity contribution in [3.8, 4) is 34.1 Å². The van der Waals surface area contributed by atoms with Gasteiger partial charge >= 0.3 is 5.97 Å². The summed E-state index contributed by atoms with van der Waals surface area (Å²) < 4.78 is 26.1. The predicted molar refractivity (Wildman–Crippen MR) is 107 cm³/mol. The van der Waals surface area contributed by atoms with E-state index in [0.29, 0.717) is 34.1 Å². The van der Waals surface area contributed by atoms with Crippen LogP contribution in [0.3, 0.4) is 0 Å². The molecule has 0 aliphatic rings. The molecule has 0 atom stereocenters. The molecule has 0 unspecified atom stereocenters. The molecule has 0 aliphatic carbocycles. The molecule has 0 N–H and O–H groups in total. The molecule has 7 nitrogen and oxygen atoms in total. The van der Waals surface area contributed by atoms with Crippen LogP contribution >= 0.6 is 0 Å². The zero-order valence-electron chi connectivity index (χ0n) is 16.6. The van der Waals surface area contributed by atoms with Gasteiger partial charge in [-0.1, -0.05) is 29.4 Å². The van der Waals surface area contributed by atoms with Gasteiger partial charge in [-0.2, -0.15) is 0 Å². The minimum atomic E-state index is -0.511. The average Bonchev–Trinajstić information content (AvgIpc) is 3.26. The quantitative estimate of drug-likeness (QED) is 0.337. The van der Waals surface area contributed by atoms with Crippen molar-refractivity contribution in [1.29, 1.82) is 0 Å². The van der Waals surface area contributed by atoms with E-state index in [9.17, 15) is 4.79 Å². The minimum Gasteiger partial charge on any atom is -0.503 e. The fourth-order valence-electron chi connectivity index (χ4n) is 2.92.